The number of anilines is 1. The zero-order chi connectivity index (χ0) is 19.4. The second-order valence-electron chi connectivity index (χ2n) is 6.88. The van der Waals surface area contributed by atoms with Crippen LogP contribution in [0.3, 0.4) is 0 Å². The van der Waals surface area contributed by atoms with E-state index in [1.807, 2.05) is 13.8 Å². The third-order valence-electron chi connectivity index (χ3n) is 5.28. The predicted octanol–water partition coefficient (Wildman–Crippen LogP) is 2.99. The Bertz CT molecular complexity index is 793. The number of hydrogen-bond acceptors (Lipinski definition) is 3. The first-order valence-electron chi connectivity index (χ1n) is 9.61. The summed E-state index contributed by atoms with van der Waals surface area (Å²) in [6.07, 6.45) is 2.09. The first-order chi connectivity index (χ1) is 13.0. The molecular formula is C21H28N4O2. The maximum absolute atomic E-state index is 12.5. The molecule has 2 heterocycles. The Morgan fingerprint density at radius 3 is 2.48 bits per heavy atom. The number of fused-ring (bicyclic) bond motifs is 1. The highest BCUT2D eigenvalue weighted by atomic mass is 16.2. The Kier molecular flexibility index (Phi) is 5.96. The lowest BCUT2D eigenvalue weighted by Crippen LogP contribution is -2.41. The number of hydrogen-bond donors (Lipinski definition) is 1. The van der Waals surface area contributed by atoms with Crippen molar-refractivity contribution < 1.29 is 9.59 Å². The van der Waals surface area contributed by atoms with Crippen molar-refractivity contribution in [3.05, 3.63) is 53.9 Å². The molecule has 1 aromatic carbocycles. The zero-order valence-electron chi connectivity index (χ0n) is 16.3. The van der Waals surface area contributed by atoms with Gasteiger partial charge >= 0.3 is 0 Å². The van der Waals surface area contributed by atoms with Gasteiger partial charge in [-0.25, -0.2) is 0 Å². The highest BCUT2D eigenvalue weighted by Gasteiger charge is 2.25. The standard InChI is InChI=1S/C21H28N4O2/c1-4-23(5-2)21(27)17-8-10-18(11-9-17)22-20(26)15-25-14-13-24-12-6-7-19(24)16(25)3/h6-12,16H,4-5,13-15H2,1-3H3,(H,22,26)/t16-/m1/s1. The van der Waals surface area contributed by atoms with Crippen LogP contribution in [0.25, 0.3) is 0 Å². The van der Waals surface area contributed by atoms with E-state index in [-0.39, 0.29) is 17.9 Å². The molecule has 1 aromatic heterocycles. The van der Waals surface area contributed by atoms with Gasteiger partial charge < -0.3 is 14.8 Å². The molecule has 1 aliphatic rings. The third kappa shape index (κ3) is 4.22. The molecule has 0 bridgehead atoms. The molecule has 2 amide bonds. The number of nitrogens with one attached hydrogen (secondary N) is 1. The summed E-state index contributed by atoms with van der Waals surface area (Å²) >= 11 is 0. The molecule has 0 unspecified atom stereocenters. The van der Waals surface area contributed by atoms with E-state index in [2.05, 4.69) is 40.0 Å². The molecule has 3 rings (SSSR count). The van der Waals surface area contributed by atoms with E-state index >= 15 is 0 Å². The SMILES string of the molecule is CCN(CC)C(=O)c1ccc(NC(=O)CN2CCn3cccc3[C@H]2C)cc1. The molecule has 144 valence electrons. The fraction of sp³-hybridized carbons (Fsp3) is 0.429. The molecule has 0 saturated carbocycles. The second-order valence-corrected chi connectivity index (χ2v) is 6.88. The molecule has 1 aliphatic heterocycles. The first-order valence-corrected chi connectivity index (χ1v) is 9.61. The lowest BCUT2D eigenvalue weighted by atomic mass is 10.1. The van der Waals surface area contributed by atoms with Gasteiger partial charge in [-0.1, -0.05) is 0 Å². The average Bonchev–Trinajstić information content (AvgIpc) is 3.15. The number of rotatable bonds is 6. The summed E-state index contributed by atoms with van der Waals surface area (Å²) < 4.78 is 2.24. The number of benzene rings is 1. The largest absolute Gasteiger partial charge is 0.349 e. The number of amides is 2. The van der Waals surface area contributed by atoms with Crippen molar-refractivity contribution in [2.24, 2.45) is 0 Å². The molecule has 2 aromatic rings. The molecule has 6 nitrogen and oxygen atoms in total. The van der Waals surface area contributed by atoms with Crippen molar-refractivity contribution in [2.75, 3.05) is 31.5 Å². The second kappa shape index (κ2) is 8.39. The van der Waals surface area contributed by atoms with Crippen LogP contribution in [0.5, 0.6) is 0 Å². The molecule has 27 heavy (non-hydrogen) atoms. The summed E-state index contributed by atoms with van der Waals surface area (Å²) in [5, 5.41) is 2.94. The van der Waals surface area contributed by atoms with Gasteiger partial charge in [0.05, 0.1) is 6.54 Å². The lowest BCUT2D eigenvalue weighted by molar-refractivity contribution is -0.118. The van der Waals surface area contributed by atoms with Crippen LogP contribution in [0.15, 0.2) is 42.6 Å². The fourth-order valence-corrected chi connectivity index (χ4v) is 3.62. The number of carbonyl (C=O) groups is 2. The van der Waals surface area contributed by atoms with E-state index in [4.69, 9.17) is 0 Å². The molecule has 0 aliphatic carbocycles. The number of nitrogens with zero attached hydrogens (tertiary/aromatic N) is 3. The molecule has 1 atom stereocenters. The summed E-state index contributed by atoms with van der Waals surface area (Å²) in [6.45, 7) is 9.55. The molecule has 0 saturated heterocycles. The molecule has 0 radical (unpaired) electrons. The molecule has 1 N–H and O–H groups in total. The predicted molar refractivity (Wildman–Crippen MR) is 107 cm³/mol. The van der Waals surface area contributed by atoms with Crippen LogP contribution < -0.4 is 5.32 Å². The van der Waals surface area contributed by atoms with Crippen molar-refractivity contribution in [1.29, 1.82) is 0 Å². The van der Waals surface area contributed by atoms with Gasteiger partial charge in [-0.05, 0) is 57.2 Å². The normalized spacial score (nSPS) is 16.6. The van der Waals surface area contributed by atoms with Crippen molar-refractivity contribution >= 4 is 17.5 Å². The maximum Gasteiger partial charge on any atom is 0.253 e. The number of aromatic nitrogens is 1. The van der Waals surface area contributed by atoms with E-state index in [1.165, 1.54) is 5.69 Å². The molecule has 6 heteroatoms. The van der Waals surface area contributed by atoms with E-state index in [9.17, 15) is 9.59 Å². The van der Waals surface area contributed by atoms with Crippen LogP contribution in [0.1, 0.15) is 42.9 Å². The summed E-state index contributed by atoms with van der Waals surface area (Å²) in [4.78, 5) is 28.8. The maximum atomic E-state index is 12.5. The Labute approximate surface area is 160 Å². The zero-order valence-corrected chi connectivity index (χ0v) is 16.3. The van der Waals surface area contributed by atoms with Crippen LogP contribution in [0.4, 0.5) is 5.69 Å². The van der Waals surface area contributed by atoms with Crippen molar-refractivity contribution in [2.45, 2.75) is 33.4 Å². The number of carbonyl (C=O) groups excluding carboxylic acids is 2. The minimum Gasteiger partial charge on any atom is -0.349 e. The van der Waals surface area contributed by atoms with Crippen LogP contribution >= 0.6 is 0 Å². The van der Waals surface area contributed by atoms with Gasteiger partial charge in [-0.2, -0.15) is 0 Å². The van der Waals surface area contributed by atoms with Gasteiger partial charge in [0.2, 0.25) is 5.91 Å². The highest BCUT2D eigenvalue weighted by Crippen LogP contribution is 2.25. The van der Waals surface area contributed by atoms with E-state index in [1.54, 1.807) is 29.2 Å². The van der Waals surface area contributed by atoms with Gasteiger partial charge in [0.1, 0.15) is 0 Å². The first kappa shape index (κ1) is 19.2. The Morgan fingerprint density at radius 1 is 1.11 bits per heavy atom. The van der Waals surface area contributed by atoms with E-state index in [0.717, 1.165) is 13.1 Å². The van der Waals surface area contributed by atoms with Crippen LogP contribution in [-0.4, -0.2) is 52.4 Å². The van der Waals surface area contributed by atoms with Gasteiger partial charge in [-0.3, -0.25) is 14.5 Å². The monoisotopic (exact) mass is 368 g/mol. The van der Waals surface area contributed by atoms with Crippen molar-refractivity contribution in [3.8, 4) is 0 Å². The average molecular weight is 368 g/mol. The smallest absolute Gasteiger partial charge is 0.253 e. The van der Waals surface area contributed by atoms with Crippen LogP contribution in [0.2, 0.25) is 0 Å². The van der Waals surface area contributed by atoms with Crippen LogP contribution in [0, 0.1) is 0 Å². The Hall–Kier alpha value is -2.60. The molecule has 0 spiro atoms. The van der Waals surface area contributed by atoms with Gasteiger partial charge in [0.15, 0.2) is 0 Å². The fourth-order valence-electron chi connectivity index (χ4n) is 3.62. The third-order valence-corrected chi connectivity index (χ3v) is 5.28. The van der Waals surface area contributed by atoms with Gasteiger partial charge in [0.25, 0.3) is 5.91 Å². The summed E-state index contributed by atoms with van der Waals surface area (Å²) in [5.74, 6) is -0.0207. The summed E-state index contributed by atoms with van der Waals surface area (Å²) in [6, 6.07) is 11.5. The molecule has 0 fully saturated rings. The van der Waals surface area contributed by atoms with Crippen molar-refractivity contribution in [1.82, 2.24) is 14.4 Å². The van der Waals surface area contributed by atoms with Crippen LogP contribution in [-0.2, 0) is 11.3 Å². The van der Waals surface area contributed by atoms with Gasteiger partial charge in [0, 0.05) is 55.4 Å². The van der Waals surface area contributed by atoms with E-state index in [0.29, 0.717) is 30.9 Å². The van der Waals surface area contributed by atoms with Gasteiger partial charge in [-0.15, -0.1) is 0 Å². The minimum atomic E-state index is -0.0373. The quantitative estimate of drug-likeness (QED) is 0.853. The Morgan fingerprint density at radius 2 is 1.81 bits per heavy atom. The van der Waals surface area contributed by atoms with E-state index < -0.39 is 0 Å². The summed E-state index contributed by atoms with van der Waals surface area (Å²) in [7, 11) is 0. The molecular weight excluding hydrogens is 340 g/mol. The minimum absolute atomic E-state index is 0.0167. The lowest BCUT2D eigenvalue weighted by Gasteiger charge is -2.34. The Balaban J connectivity index is 1.58. The summed E-state index contributed by atoms with van der Waals surface area (Å²) in [5.41, 5.74) is 2.60. The highest BCUT2D eigenvalue weighted by molar-refractivity contribution is 5.96. The van der Waals surface area contributed by atoms with Crippen molar-refractivity contribution in [3.63, 3.8) is 0 Å². The topological polar surface area (TPSA) is 57.6 Å².